The van der Waals surface area contributed by atoms with Gasteiger partial charge in [0.2, 0.25) is 0 Å². The summed E-state index contributed by atoms with van der Waals surface area (Å²) in [7, 11) is 0. The van der Waals surface area contributed by atoms with E-state index in [1.807, 2.05) is 0 Å². The zero-order valence-corrected chi connectivity index (χ0v) is 14.1. The molecule has 0 atom stereocenters. The van der Waals surface area contributed by atoms with Crippen LogP contribution >= 0.6 is 0 Å². The van der Waals surface area contributed by atoms with Crippen LogP contribution in [0, 0.1) is 5.92 Å². The van der Waals surface area contributed by atoms with Crippen LogP contribution in [-0.2, 0) is 12.8 Å². The monoisotopic (exact) mass is 302 g/mol. The minimum atomic E-state index is -0.0635. The van der Waals surface area contributed by atoms with Crippen LogP contribution in [0.4, 0.5) is 10.5 Å². The predicted molar refractivity (Wildman–Crippen MR) is 93.4 cm³/mol. The van der Waals surface area contributed by atoms with E-state index in [1.165, 1.54) is 43.2 Å². The van der Waals surface area contributed by atoms with Crippen molar-refractivity contribution < 1.29 is 4.79 Å². The molecule has 2 N–H and O–H groups in total. The van der Waals surface area contributed by atoms with Crippen molar-refractivity contribution in [3.05, 3.63) is 29.3 Å². The molecule has 0 aliphatic heterocycles. The molecule has 0 saturated heterocycles. The molecule has 3 nitrogen and oxygen atoms in total. The molecule has 3 heteroatoms. The number of amides is 2. The van der Waals surface area contributed by atoms with Crippen molar-refractivity contribution in [2.24, 2.45) is 5.92 Å². The van der Waals surface area contributed by atoms with E-state index in [-0.39, 0.29) is 6.03 Å². The lowest BCUT2D eigenvalue weighted by atomic mass is 9.87. The minimum Gasteiger partial charge on any atom is -0.338 e. The molecule has 2 amide bonds. The van der Waals surface area contributed by atoms with Gasteiger partial charge >= 0.3 is 6.03 Å². The Morgan fingerprint density at radius 2 is 1.73 bits per heavy atom. The number of anilines is 1. The fourth-order valence-corrected chi connectivity index (χ4v) is 3.43. The largest absolute Gasteiger partial charge is 0.338 e. The number of carbonyl (C=O) groups is 1. The molecule has 1 aromatic rings. The number of aryl methyl sites for hydroxylation is 2. The van der Waals surface area contributed by atoms with Gasteiger partial charge in [-0.25, -0.2) is 4.79 Å². The van der Waals surface area contributed by atoms with Gasteiger partial charge in [0.05, 0.1) is 0 Å². The molecule has 0 heterocycles. The molecule has 1 fully saturated rings. The van der Waals surface area contributed by atoms with Crippen molar-refractivity contribution in [1.82, 2.24) is 5.32 Å². The first kappa shape index (κ1) is 16.9. The summed E-state index contributed by atoms with van der Waals surface area (Å²) in [5.41, 5.74) is 3.42. The minimum absolute atomic E-state index is 0.0635. The smallest absolute Gasteiger partial charge is 0.319 e. The molecule has 0 bridgehead atoms. The summed E-state index contributed by atoms with van der Waals surface area (Å²) in [5, 5.41) is 6.10. The lowest BCUT2D eigenvalue weighted by molar-refractivity contribution is 0.250. The van der Waals surface area contributed by atoms with Crippen LogP contribution in [0.2, 0.25) is 0 Å². The van der Waals surface area contributed by atoms with Crippen LogP contribution in [0.3, 0.4) is 0 Å². The van der Waals surface area contributed by atoms with Crippen LogP contribution in [0.15, 0.2) is 18.2 Å². The molecule has 1 aliphatic carbocycles. The first-order valence-corrected chi connectivity index (χ1v) is 8.90. The van der Waals surface area contributed by atoms with E-state index in [1.54, 1.807) is 0 Å². The second kappa shape index (κ2) is 8.82. The van der Waals surface area contributed by atoms with Gasteiger partial charge in [-0.2, -0.15) is 0 Å². The van der Waals surface area contributed by atoms with E-state index in [4.69, 9.17) is 0 Å². The molecular weight excluding hydrogens is 272 g/mol. The number of nitrogens with one attached hydrogen (secondary N) is 2. The molecule has 22 heavy (non-hydrogen) atoms. The summed E-state index contributed by atoms with van der Waals surface area (Å²) in [4.78, 5) is 12.2. The topological polar surface area (TPSA) is 41.1 Å². The van der Waals surface area contributed by atoms with E-state index >= 15 is 0 Å². The standard InChI is InChI=1S/C19H30N2O/c1-3-16-11-8-12-17(4-2)18(16)21-19(22)20-14-13-15-9-6-5-7-10-15/h8,11-12,15H,3-7,9-10,13-14H2,1-2H3,(H2,20,21,22). The van der Waals surface area contributed by atoms with Crippen molar-refractivity contribution in [3.63, 3.8) is 0 Å². The highest BCUT2D eigenvalue weighted by molar-refractivity contribution is 5.91. The number of rotatable bonds is 6. The van der Waals surface area contributed by atoms with Crippen molar-refractivity contribution in [2.45, 2.75) is 65.2 Å². The number of benzene rings is 1. The van der Waals surface area contributed by atoms with E-state index in [0.717, 1.165) is 37.4 Å². The molecule has 0 unspecified atom stereocenters. The number of para-hydroxylation sites is 1. The lowest BCUT2D eigenvalue weighted by Crippen LogP contribution is -2.31. The molecular formula is C19H30N2O. The second-order valence-corrected chi connectivity index (χ2v) is 6.33. The summed E-state index contributed by atoms with van der Waals surface area (Å²) < 4.78 is 0. The Morgan fingerprint density at radius 3 is 2.32 bits per heavy atom. The summed E-state index contributed by atoms with van der Waals surface area (Å²) >= 11 is 0. The molecule has 122 valence electrons. The molecule has 1 aromatic carbocycles. The first-order chi connectivity index (χ1) is 10.7. The Hall–Kier alpha value is -1.51. The Morgan fingerprint density at radius 1 is 1.09 bits per heavy atom. The molecule has 0 spiro atoms. The average Bonchev–Trinajstić information content (AvgIpc) is 2.56. The normalized spacial score (nSPS) is 15.5. The van der Waals surface area contributed by atoms with Crippen molar-refractivity contribution >= 4 is 11.7 Å². The summed E-state index contributed by atoms with van der Waals surface area (Å²) in [6.07, 6.45) is 9.77. The molecule has 2 rings (SSSR count). The highest BCUT2D eigenvalue weighted by Crippen LogP contribution is 2.26. The maximum Gasteiger partial charge on any atom is 0.319 e. The van der Waals surface area contributed by atoms with E-state index in [0.29, 0.717) is 0 Å². The van der Waals surface area contributed by atoms with Gasteiger partial charge in [-0.05, 0) is 36.3 Å². The Bertz CT molecular complexity index is 456. The zero-order chi connectivity index (χ0) is 15.8. The molecule has 0 radical (unpaired) electrons. The second-order valence-electron chi connectivity index (χ2n) is 6.33. The van der Waals surface area contributed by atoms with Crippen LogP contribution in [0.25, 0.3) is 0 Å². The molecule has 1 saturated carbocycles. The van der Waals surface area contributed by atoms with Crippen molar-refractivity contribution in [3.8, 4) is 0 Å². The third-order valence-electron chi connectivity index (χ3n) is 4.80. The average molecular weight is 302 g/mol. The number of hydrogen-bond acceptors (Lipinski definition) is 1. The zero-order valence-electron chi connectivity index (χ0n) is 14.1. The highest BCUT2D eigenvalue weighted by atomic mass is 16.2. The van der Waals surface area contributed by atoms with Crippen LogP contribution in [-0.4, -0.2) is 12.6 Å². The Kier molecular flexibility index (Phi) is 6.75. The highest BCUT2D eigenvalue weighted by Gasteiger charge is 2.14. The number of carbonyl (C=O) groups excluding carboxylic acids is 1. The SMILES string of the molecule is CCc1cccc(CC)c1NC(=O)NCCC1CCCCC1. The van der Waals surface area contributed by atoms with Gasteiger partial charge in [-0.3, -0.25) is 0 Å². The third-order valence-corrected chi connectivity index (χ3v) is 4.80. The Labute approximate surface area is 134 Å². The number of hydrogen-bond donors (Lipinski definition) is 2. The lowest BCUT2D eigenvalue weighted by Gasteiger charge is -2.21. The van der Waals surface area contributed by atoms with Crippen molar-refractivity contribution in [1.29, 1.82) is 0 Å². The molecule has 1 aliphatic rings. The van der Waals surface area contributed by atoms with Gasteiger partial charge in [0.15, 0.2) is 0 Å². The van der Waals surface area contributed by atoms with Gasteiger partial charge in [0.1, 0.15) is 0 Å². The van der Waals surface area contributed by atoms with Crippen LogP contribution in [0.5, 0.6) is 0 Å². The fourth-order valence-electron chi connectivity index (χ4n) is 3.43. The van der Waals surface area contributed by atoms with Gasteiger partial charge in [-0.15, -0.1) is 0 Å². The van der Waals surface area contributed by atoms with Gasteiger partial charge in [-0.1, -0.05) is 64.2 Å². The maximum absolute atomic E-state index is 12.2. The van der Waals surface area contributed by atoms with Crippen LogP contribution in [0.1, 0.15) is 63.5 Å². The fraction of sp³-hybridized carbons (Fsp3) is 0.632. The van der Waals surface area contributed by atoms with Gasteiger partial charge < -0.3 is 10.6 Å². The summed E-state index contributed by atoms with van der Waals surface area (Å²) in [6, 6.07) is 6.20. The molecule has 0 aromatic heterocycles. The quantitative estimate of drug-likeness (QED) is 0.770. The predicted octanol–water partition coefficient (Wildman–Crippen LogP) is 4.90. The summed E-state index contributed by atoms with van der Waals surface area (Å²) in [5.74, 6) is 0.809. The van der Waals surface area contributed by atoms with Gasteiger partial charge in [0, 0.05) is 12.2 Å². The van der Waals surface area contributed by atoms with E-state index in [2.05, 4.69) is 42.7 Å². The third kappa shape index (κ3) is 4.75. The number of urea groups is 1. The van der Waals surface area contributed by atoms with Crippen molar-refractivity contribution in [2.75, 3.05) is 11.9 Å². The van der Waals surface area contributed by atoms with E-state index < -0.39 is 0 Å². The van der Waals surface area contributed by atoms with E-state index in [9.17, 15) is 4.79 Å². The summed E-state index contributed by atoms with van der Waals surface area (Å²) in [6.45, 7) is 5.04. The van der Waals surface area contributed by atoms with Crippen LogP contribution < -0.4 is 10.6 Å². The first-order valence-electron chi connectivity index (χ1n) is 8.90. The van der Waals surface area contributed by atoms with Gasteiger partial charge in [0.25, 0.3) is 0 Å². The Balaban J connectivity index is 1.83. The maximum atomic E-state index is 12.2.